The van der Waals surface area contributed by atoms with Gasteiger partial charge in [-0.15, -0.1) is 0 Å². The maximum Gasteiger partial charge on any atom is 0.156 e. The van der Waals surface area contributed by atoms with Gasteiger partial charge in [-0.25, -0.2) is 4.98 Å². The second-order valence-electron chi connectivity index (χ2n) is 2.43. The molecule has 0 fully saturated rings. The molecule has 13 heavy (non-hydrogen) atoms. The topological polar surface area (TPSA) is 17.8 Å². The lowest BCUT2D eigenvalue weighted by atomic mass is 10.4. The van der Waals surface area contributed by atoms with Crippen molar-refractivity contribution in [2.24, 2.45) is 0 Å². The van der Waals surface area contributed by atoms with E-state index in [2.05, 4.69) is 27.1 Å². The normalized spacial score (nSPS) is 10.3. The molecule has 2 aromatic rings. The van der Waals surface area contributed by atoms with E-state index in [1.807, 2.05) is 6.07 Å². The number of nitrogens with zero attached hydrogens (tertiary/aromatic N) is 2. The summed E-state index contributed by atoms with van der Waals surface area (Å²) in [6.45, 7) is 0. The van der Waals surface area contributed by atoms with Gasteiger partial charge in [0.2, 0.25) is 0 Å². The van der Waals surface area contributed by atoms with Crippen LogP contribution in [0.4, 0.5) is 0 Å². The van der Waals surface area contributed by atoms with Crippen molar-refractivity contribution in [2.45, 2.75) is 0 Å². The molecule has 0 aliphatic heterocycles. The summed E-state index contributed by atoms with van der Waals surface area (Å²) >= 11 is 9.33. The van der Waals surface area contributed by atoms with E-state index in [4.69, 9.17) is 11.6 Å². The summed E-state index contributed by atoms with van der Waals surface area (Å²) in [5, 5.41) is 0.607. The van der Waals surface area contributed by atoms with Crippen molar-refractivity contribution in [3.8, 4) is 5.82 Å². The number of halogens is 2. The van der Waals surface area contributed by atoms with Crippen LogP contribution in [0.1, 0.15) is 0 Å². The van der Waals surface area contributed by atoms with E-state index >= 15 is 0 Å². The highest BCUT2D eigenvalue weighted by molar-refractivity contribution is 9.10. The molecule has 0 aliphatic carbocycles. The molecule has 0 unspecified atom stereocenters. The van der Waals surface area contributed by atoms with Crippen molar-refractivity contribution in [3.05, 3.63) is 46.3 Å². The summed E-state index contributed by atoms with van der Waals surface area (Å²) in [5.74, 6) is 0.682. The van der Waals surface area contributed by atoms with E-state index in [1.54, 1.807) is 29.0 Å². The summed E-state index contributed by atoms with van der Waals surface area (Å²) < 4.78 is 2.63. The van der Waals surface area contributed by atoms with Crippen LogP contribution in [0.25, 0.3) is 5.82 Å². The zero-order valence-corrected chi connectivity index (χ0v) is 8.88. The van der Waals surface area contributed by atoms with E-state index in [-0.39, 0.29) is 0 Å². The predicted molar refractivity (Wildman–Crippen MR) is 55.1 cm³/mol. The van der Waals surface area contributed by atoms with E-state index in [0.29, 0.717) is 10.8 Å². The zero-order chi connectivity index (χ0) is 9.26. The Morgan fingerprint density at radius 2 is 2.31 bits per heavy atom. The van der Waals surface area contributed by atoms with E-state index in [9.17, 15) is 0 Å². The Kier molecular flexibility index (Phi) is 2.38. The van der Waals surface area contributed by atoms with Crippen LogP contribution in [-0.2, 0) is 0 Å². The van der Waals surface area contributed by atoms with Crippen LogP contribution in [0.5, 0.6) is 0 Å². The quantitative estimate of drug-likeness (QED) is 0.767. The van der Waals surface area contributed by atoms with Gasteiger partial charge >= 0.3 is 0 Å². The number of hydrogen-bond acceptors (Lipinski definition) is 1. The number of pyridine rings is 1. The molecule has 0 amide bonds. The molecule has 4 heteroatoms. The van der Waals surface area contributed by atoms with Crippen LogP contribution in [0.3, 0.4) is 0 Å². The van der Waals surface area contributed by atoms with Gasteiger partial charge in [0.25, 0.3) is 0 Å². The Bertz CT molecular complexity index is 425. The first kappa shape index (κ1) is 8.78. The first-order chi connectivity index (χ1) is 6.29. The smallest absolute Gasteiger partial charge is 0.156 e. The minimum Gasteiger partial charge on any atom is -0.285 e. The Morgan fingerprint density at radius 3 is 2.92 bits per heavy atom. The van der Waals surface area contributed by atoms with Gasteiger partial charge in [-0.1, -0.05) is 11.6 Å². The Hall–Kier alpha value is -0.800. The summed E-state index contributed by atoms with van der Waals surface area (Å²) in [5.41, 5.74) is 0. The van der Waals surface area contributed by atoms with Crippen LogP contribution < -0.4 is 0 Å². The summed E-state index contributed by atoms with van der Waals surface area (Å²) in [6.07, 6.45) is 4.68. The molecule has 0 bridgehead atoms. The number of rotatable bonds is 1. The standard InChI is InChI=1S/C9H5BrClN2/c10-8-4-2-6-13(8)9-7(11)3-1-5-12-9/h1-5H. The van der Waals surface area contributed by atoms with Crippen molar-refractivity contribution < 1.29 is 0 Å². The average molecular weight is 257 g/mol. The van der Waals surface area contributed by atoms with Crippen LogP contribution in [0.2, 0.25) is 5.02 Å². The van der Waals surface area contributed by atoms with Crippen LogP contribution in [0, 0.1) is 6.20 Å². The molecule has 2 rings (SSSR count). The average Bonchev–Trinajstić information content (AvgIpc) is 2.52. The third-order valence-electron chi connectivity index (χ3n) is 1.59. The number of aromatic nitrogens is 2. The highest BCUT2D eigenvalue weighted by Gasteiger charge is 2.05. The van der Waals surface area contributed by atoms with Crippen LogP contribution in [-0.4, -0.2) is 9.55 Å². The van der Waals surface area contributed by atoms with E-state index in [1.165, 1.54) is 0 Å². The molecule has 1 radical (unpaired) electrons. The number of hydrogen-bond donors (Lipinski definition) is 0. The van der Waals surface area contributed by atoms with Gasteiger partial charge < -0.3 is 0 Å². The summed E-state index contributed by atoms with van der Waals surface area (Å²) in [6, 6.07) is 7.27. The van der Waals surface area contributed by atoms with Gasteiger partial charge in [-0.2, -0.15) is 0 Å². The van der Waals surface area contributed by atoms with Crippen LogP contribution in [0.15, 0.2) is 35.1 Å². The van der Waals surface area contributed by atoms with Gasteiger partial charge in [0, 0.05) is 6.20 Å². The van der Waals surface area contributed by atoms with E-state index < -0.39 is 0 Å². The molecular formula is C9H5BrClN2. The highest BCUT2D eigenvalue weighted by Crippen LogP contribution is 2.21. The van der Waals surface area contributed by atoms with Gasteiger partial charge in [0.15, 0.2) is 5.82 Å². The fourth-order valence-electron chi connectivity index (χ4n) is 1.02. The van der Waals surface area contributed by atoms with Crippen molar-refractivity contribution in [1.82, 2.24) is 9.55 Å². The Morgan fingerprint density at radius 1 is 1.46 bits per heavy atom. The lowest BCUT2D eigenvalue weighted by molar-refractivity contribution is 0.977. The maximum atomic E-state index is 5.96. The molecule has 0 N–H and O–H groups in total. The fraction of sp³-hybridized carbons (Fsp3) is 0. The molecule has 0 saturated carbocycles. The van der Waals surface area contributed by atoms with Gasteiger partial charge in [0.1, 0.15) is 0 Å². The molecule has 0 atom stereocenters. The molecule has 0 saturated heterocycles. The van der Waals surface area contributed by atoms with Crippen molar-refractivity contribution >= 4 is 27.5 Å². The maximum absolute atomic E-state index is 5.96. The molecular weight excluding hydrogens is 251 g/mol. The molecule has 2 aromatic heterocycles. The molecule has 65 valence electrons. The van der Waals surface area contributed by atoms with Gasteiger partial charge in [0.05, 0.1) is 15.8 Å². The zero-order valence-electron chi connectivity index (χ0n) is 6.54. The first-order valence-corrected chi connectivity index (χ1v) is 4.82. The van der Waals surface area contributed by atoms with Gasteiger partial charge in [-0.05, 0) is 40.2 Å². The molecule has 0 aromatic carbocycles. The predicted octanol–water partition coefficient (Wildman–Crippen LogP) is 3.09. The molecule has 0 aliphatic rings. The monoisotopic (exact) mass is 255 g/mol. The minimum atomic E-state index is 0.607. The van der Waals surface area contributed by atoms with Crippen molar-refractivity contribution in [1.29, 1.82) is 0 Å². The Balaban J connectivity index is 2.59. The van der Waals surface area contributed by atoms with Crippen molar-refractivity contribution in [2.75, 3.05) is 0 Å². The third kappa shape index (κ3) is 1.62. The van der Waals surface area contributed by atoms with E-state index in [0.717, 1.165) is 4.60 Å². The second-order valence-corrected chi connectivity index (χ2v) is 3.65. The SMILES string of the molecule is Clc1cccnc1-n1[c]ccc1Br. The van der Waals surface area contributed by atoms with Crippen LogP contribution >= 0.6 is 27.5 Å². The summed E-state index contributed by atoms with van der Waals surface area (Å²) in [7, 11) is 0. The van der Waals surface area contributed by atoms with Crippen molar-refractivity contribution in [3.63, 3.8) is 0 Å². The lowest BCUT2D eigenvalue weighted by Gasteiger charge is -2.04. The summed E-state index contributed by atoms with van der Waals surface area (Å²) in [4.78, 5) is 4.15. The highest BCUT2D eigenvalue weighted by atomic mass is 79.9. The largest absolute Gasteiger partial charge is 0.285 e. The third-order valence-corrected chi connectivity index (χ3v) is 2.50. The fourth-order valence-corrected chi connectivity index (χ4v) is 1.63. The molecule has 2 nitrogen and oxygen atoms in total. The first-order valence-electron chi connectivity index (χ1n) is 3.65. The second kappa shape index (κ2) is 3.52. The minimum absolute atomic E-state index is 0.607. The lowest BCUT2D eigenvalue weighted by Crippen LogP contribution is -1.96. The Labute approximate surface area is 89.3 Å². The van der Waals surface area contributed by atoms with Gasteiger partial charge in [-0.3, -0.25) is 4.57 Å². The molecule has 2 heterocycles. The molecule has 0 spiro atoms.